The Morgan fingerprint density at radius 3 is 2.38 bits per heavy atom. The van der Waals surface area contributed by atoms with E-state index in [1.54, 1.807) is 13.8 Å². The summed E-state index contributed by atoms with van der Waals surface area (Å²) in [7, 11) is 0. The molecule has 0 saturated carbocycles. The van der Waals surface area contributed by atoms with Crippen LogP contribution in [-0.2, 0) is 6.18 Å². The van der Waals surface area contributed by atoms with Crippen molar-refractivity contribution in [1.29, 1.82) is 0 Å². The Morgan fingerprint density at radius 1 is 1.31 bits per heavy atom. The first-order valence-corrected chi connectivity index (χ1v) is 4.67. The zero-order valence-corrected chi connectivity index (χ0v) is 8.84. The lowest BCUT2D eigenvalue weighted by molar-refractivity contribution is -0.139. The van der Waals surface area contributed by atoms with Crippen molar-refractivity contribution in [2.75, 3.05) is 0 Å². The molecule has 1 rings (SSSR count). The molecular weight excluding hydrogens is 221 g/mol. The van der Waals surface area contributed by atoms with Gasteiger partial charge in [0, 0.05) is 5.56 Å². The van der Waals surface area contributed by atoms with E-state index in [9.17, 15) is 18.0 Å². The molecule has 0 aromatic heterocycles. The van der Waals surface area contributed by atoms with Gasteiger partial charge in [-0.05, 0) is 32.0 Å². The average Bonchev–Trinajstić information content (AvgIpc) is 2.15. The van der Waals surface area contributed by atoms with E-state index in [-0.39, 0.29) is 17.4 Å². The third-order valence-corrected chi connectivity index (χ3v) is 1.81. The van der Waals surface area contributed by atoms with Crippen LogP contribution in [0.2, 0.25) is 0 Å². The minimum Gasteiger partial charge on any atom is -0.490 e. The third-order valence-electron chi connectivity index (χ3n) is 1.81. The van der Waals surface area contributed by atoms with Gasteiger partial charge in [0.15, 0.2) is 0 Å². The second kappa shape index (κ2) is 4.55. The number of hydrogen-bond donors (Lipinski definition) is 0. The van der Waals surface area contributed by atoms with Crippen LogP contribution < -0.4 is 4.74 Å². The monoisotopic (exact) mass is 232 g/mol. The number of halogens is 3. The minimum absolute atomic E-state index is 0.0246. The Labute approximate surface area is 91.0 Å². The quantitative estimate of drug-likeness (QED) is 0.747. The van der Waals surface area contributed by atoms with Gasteiger partial charge in [-0.25, -0.2) is 0 Å². The van der Waals surface area contributed by atoms with Crippen LogP contribution in [0.4, 0.5) is 13.2 Å². The number of benzene rings is 1. The summed E-state index contributed by atoms with van der Waals surface area (Å²) >= 11 is 0. The fraction of sp³-hybridized carbons (Fsp3) is 0.364. The molecule has 1 aromatic rings. The van der Waals surface area contributed by atoms with Gasteiger partial charge in [-0.2, -0.15) is 13.2 Å². The van der Waals surface area contributed by atoms with Crippen molar-refractivity contribution < 1.29 is 22.7 Å². The molecule has 0 saturated heterocycles. The molecule has 0 radical (unpaired) electrons. The number of carbonyl (C=O) groups is 1. The van der Waals surface area contributed by atoms with Crippen molar-refractivity contribution >= 4 is 6.29 Å². The van der Waals surface area contributed by atoms with Gasteiger partial charge in [0.25, 0.3) is 0 Å². The van der Waals surface area contributed by atoms with E-state index < -0.39 is 11.7 Å². The van der Waals surface area contributed by atoms with Crippen LogP contribution in [-0.4, -0.2) is 12.4 Å². The summed E-state index contributed by atoms with van der Waals surface area (Å²) in [6.07, 6.45) is -4.51. The lowest BCUT2D eigenvalue weighted by atomic mass is 10.1. The van der Waals surface area contributed by atoms with Gasteiger partial charge in [-0.3, -0.25) is 4.79 Å². The van der Waals surface area contributed by atoms with Gasteiger partial charge < -0.3 is 4.74 Å². The zero-order valence-electron chi connectivity index (χ0n) is 8.84. The number of aldehydes is 1. The lowest BCUT2D eigenvalue weighted by Crippen LogP contribution is -2.13. The number of alkyl halides is 3. The number of ether oxygens (including phenoxy) is 1. The summed E-state index contributed by atoms with van der Waals surface area (Å²) in [6, 6.07) is 3.23. The molecule has 0 bridgehead atoms. The minimum atomic E-state index is -4.52. The Kier molecular flexibility index (Phi) is 3.57. The fourth-order valence-corrected chi connectivity index (χ4v) is 1.20. The van der Waals surface area contributed by atoms with Crippen molar-refractivity contribution in [1.82, 2.24) is 0 Å². The maximum atomic E-state index is 12.6. The average molecular weight is 232 g/mol. The molecule has 2 nitrogen and oxygen atoms in total. The fourth-order valence-electron chi connectivity index (χ4n) is 1.20. The molecule has 0 amide bonds. The lowest BCUT2D eigenvalue weighted by Gasteiger charge is -2.16. The molecule has 88 valence electrons. The summed E-state index contributed by atoms with van der Waals surface area (Å²) in [5, 5.41) is 0. The highest BCUT2D eigenvalue weighted by atomic mass is 19.4. The molecule has 0 unspecified atom stereocenters. The molecule has 0 aliphatic rings. The first-order valence-electron chi connectivity index (χ1n) is 4.67. The molecule has 5 heteroatoms. The molecule has 0 atom stereocenters. The molecule has 0 aliphatic carbocycles. The number of rotatable bonds is 3. The van der Waals surface area contributed by atoms with Gasteiger partial charge >= 0.3 is 6.18 Å². The third kappa shape index (κ3) is 2.98. The van der Waals surface area contributed by atoms with Crippen LogP contribution in [0.1, 0.15) is 29.8 Å². The Bertz CT molecular complexity index is 383. The van der Waals surface area contributed by atoms with Crippen LogP contribution >= 0.6 is 0 Å². The molecule has 0 spiro atoms. The van der Waals surface area contributed by atoms with Crippen molar-refractivity contribution in [3.8, 4) is 5.75 Å². The van der Waals surface area contributed by atoms with Crippen LogP contribution in [0.15, 0.2) is 18.2 Å². The van der Waals surface area contributed by atoms with E-state index in [1.165, 1.54) is 6.07 Å². The second-order valence-electron chi connectivity index (χ2n) is 3.54. The van der Waals surface area contributed by atoms with E-state index in [0.29, 0.717) is 6.29 Å². The smallest absolute Gasteiger partial charge is 0.419 e. The van der Waals surface area contributed by atoms with Gasteiger partial charge in [-0.15, -0.1) is 0 Å². The van der Waals surface area contributed by atoms with E-state index in [1.807, 2.05) is 0 Å². The summed E-state index contributed by atoms with van der Waals surface area (Å²) < 4.78 is 42.9. The molecule has 0 heterocycles. The van der Waals surface area contributed by atoms with Crippen LogP contribution in [0.3, 0.4) is 0 Å². The van der Waals surface area contributed by atoms with Gasteiger partial charge in [-0.1, -0.05) is 0 Å². The second-order valence-corrected chi connectivity index (χ2v) is 3.54. The topological polar surface area (TPSA) is 26.3 Å². The first-order chi connectivity index (χ1) is 7.34. The maximum absolute atomic E-state index is 12.6. The van der Waals surface area contributed by atoms with E-state index in [4.69, 9.17) is 4.74 Å². The Hall–Kier alpha value is -1.52. The van der Waals surface area contributed by atoms with Crippen LogP contribution in [0.5, 0.6) is 5.75 Å². The summed E-state index contributed by atoms with van der Waals surface area (Å²) in [4.78, 5) is 10.4. The summed E-state index contributed by atoms with van der Waals surface area (Å²) in [6.45, 7) is 3.27. The normalized spacial score (nSPS) is 11.6. The first kappa shape index (κ1) is 12.5. The molecule has 0 aliphatic heterocycles. The number of hydrogen-bond acceptors (Lipinski definition) is 2. The van der Waals surface area contributed by atoms with Crippen molar-refractivity contribution in [3.05, 3.63) is 29.3 Å². The standard InChI is InChI=1S/C11H11F3O2/c1-7(2)16-10-4-3-8(6-15)5-9(10)11(12,13)14/h3-7H,1-2H3. The molecule has 0 N–H and O–H groups in total. The van der Waals surface area contributed by atoms with Gasteiger partial charge in [0.1, 0.15) is 12.0 Å². The van der Waals surface area contributed by atoms with E-state index in [2.05, 4.69) is 0 Å². The maximum Gasteiger partial charge on any atom is 0.419 e. The highest BCUT2D eigenvalue weighted by molar-refractivity contribution is 5.75. The van der Waals surface area contributed by atoms with Crippen LogP contribution in [0, 0.1) is 0 Å². The SMILES string of the molecule is CC(C)Oc1ccc(C=O)cc1C(F)(F)F. The highest BCUT2D eigenvalue weighted by Crippen LogP contribution is 2.36. The molecule has 0 fully saturated rings. The Morgan fingerprint density at radius 2 is 1.94 bits per heavy atom. The predicted molar refractivity (Wildman–Crippen MR) is 52.6 cm³/mol. The van der Waals surface area contributed by atoms with E-state index >= 15 is 0 Å². The molecular formula is C11H11F3O2. The van der Waals surface area contributed by atoms with Crippen molar-refractivity contribution in [2.45, 2.75) is 26.1 Å². The Balaban J connectivity index is 3.22. The zero-order chi connectivity index (χ0) is 12.3. The highest BCUT2D eigenvalue weighted by Gasteiger charge is 2.34. The summed E-state index contributed by atoms with van der Waals surface area (Å²) in [5.41, 5.74) is -0.950. The van der Waals surface area contributed by atoms with E-state index in [0.717, 1.165) is 12.1 Å². The molecule has 16 heavy (non-hydrogen) atoms. The largest absolute Gasteiger partial charge is 0.490 e. The van der Waals surface area contributed by atoms with Crippen molar-refractivity contribution in [3.63, 3.8) is 0 Å². The predicted octanol–water partition coefficient (Wildman–Crippen LogP) is 3.31. The van der Waals surface area contributed by atoms with Crippen LogP contribution in [0.25, 0.3) is 0 Å². The van der Waals surface area contributed by atoms with Gasteiger partial charge in [0.05, 0.1) is 11.7 Å². The number of carbonyl (C=O) groups excluding carboxylic acids is 1. The molecule has 1 aromatic carbocycles. The van der Waals surface area contributed by atoms with Crippen molar-refractivity contribution in [2.24, 2.45) is 0 Å². The summed E-state index contributed by atoms with van der Waals surface area (Å²) in [5.74, 6) is -0.256. The van der Waals surface area contributed by atoms with Gasteiger partial charge in [0.2, 0.25) is 0 Å².